The Morgan fingerprint density at radius 2 is 2.41 bits per heavy atom. The third-order valence-electron chi connectivity index (χ3n) is 3.32. The largest absolute Gasteiger partial charge is 0.304 e. The molecule has 1 amide bonds. The van der Waals surface area contributed by atoms with E-state index >= 15 is 0 Å². The lowest BCUT2D eigenvalue weighted by atomic mass is 10.00. The maximum absolute atomic E-state index is 12.1. The minimum atomic E-state index is -0.425. The Labute approximate surface area is 106 Å². The zero-order chi connectivity index (χ0) is 12.5. The zero-order valence-electron chi connectivity index (χ0n) is 10.6. The Morgan fingerprint density at radius 3 is 2.94 bits per heavy atom. The van der Waals surface area contributed by atoms with Crippen LogP contribution in [-0.4, -0.2) is 23.0 Å². The smallest absolute Gasteiger partial charge is 0.246 e. The van der Waals surface area contributed by atoms with Gasteiger partial charge in [-0.1, -0.05) is 6.92 Å². The molecule has 94 valence electrons. The van der Waals surface area contributed by atoms with Crippen LogP contribution < -0.4 is 10.6 Å². The van der Waals surface area contributed by atoms with Crippen LogP contribution in [-0.2, 0) is 11.2 Å². The average Bonchev–Trinajstić information content (AvgIpc) is 2.86. The van der Waals surface area contributed by atoms with Crippen LogP contribution in [0.4, 0.5) is 5.13 Å². The van der Waals surface area contributed by atoms with E-state index in [4.69, 9.17) is 0 Å². The summed E-state index contributed by atoms with van der Waals surface area (Å²) >= 11 is 1.55. The first-order chi connectivity index (χ1) is 8.05. The highest BCUT2D eigenvalue weighted by Gasteiger charge is 2.36. The Balaban J connectivity index is 2.07. The van der Waals surface area contributed by atoms with Crippen molar-refractivity contribution in [2.75, 3.05) is 11.9 Å². The fourth-order valence-corrected chi connectivity index (χ4v) is 3.03. The maximum atomic E-state index is 12.1. The monoisotopic (exact) mass is 253 g/mol. The number of hydrogen-bond acceptors (Lipinski definition) is 4. The van der Waals surface area contributed by atoms with Crippen molar-refractivity contribution in [1.82, 2.24) is 10.3 Å². The second kappa shape index (κ2) is 4.74. The number of nitrogens with one attached hydrogen (secondary N) is 2. The molecule has 0 aliphatic carbocycles. The number of carbonyl (C=O) groups is 1. The van der Waals surface area contributed by atoms with Gasteiger partial charge in [0.05, 0.1) is 11.2 Å². The van der Waals surface area contributed by atoms with Crippen LogP contribution in [0.2, 0.25) is 0 Å². The van der Waals surface area contributed by atoms with Gasteiger partial charge in [-0.25, -0.2) is 4.98 Å². The fourth-order valence-electron chi connectivity index (χ4n) is 2.13. The summed E-state index contributed by atoms with van der Waals surface area (Å²) in [6.45, 7) is 6.99. The number of thiazole rings is 1. The Kier molecular flexibility index (Phi) is 3.49. The third-order valence-corrected chi connectivity index (χ3v) is 4.25. The zero-order valence-corrected chi connectivity index (χ0v) is 11.4. The van der Waals surface area contributed by atoms with Crippen molar-refractivity contribution < 1.29 is 4.79 Å². The molecule has 2 heterocycles. The summed E-state index contributed by atoms with van der Waals surface area (Å²) in [7, 11) is 0. The molecule has 2 rings (SSSR count). The molecule has 4 nitrogen and oxygen atoms in total. The van der Waals surface area contributed by atoms with E-state index in [0.717, 1.165) is 36.6 Å². The second-order valence-corrected chi connectivity index (χ2v) is 5.90. The first-order valence-electron chi connectivity index (χ1n) is 6.08. The number of amides is 1. The molecule has 1 fully saturated rings. The number of hydrogen-bond donors (Lipinski definition) is 2. The average molecular weight is 253 g/mol. The number of nitrogens with zero attached hydrogens (tertiary/aromatic N) is 1. The van der Waals surface area contributed by atoms with Gasteiger partial charge in [0.25, 0.3) is 0 Å². The SMILES string of the molecule is CCc1nc(NC(=O)C2(C)CCCN2)sc1C. The van der Waals surface area contributed by atoms with Crippen LogP contribution in [0.25, 0.3) is 0 Å². The van der Waals surface area contributed by atoms with Crippen molar-refractivity contribution >= 4 is 22.4 Å². The highest BCUT2D eigenvalue weighted by Crippen LogP contribution is 2.25. The van der Waals surface area contributed by atoms with Crippen LogP contribution in [0, 0.1) is 6.92 Å². The molecule has 1 saturated heterocycles. The molecule has 0 radical (unpaired) electrons. The molecule has 5 heteroatoms. The molecule has 1 atom stereocenters. The van der Waals surface area contributed by atoms with Crippen molar-refractivity contribution in [3.8, 4) is 0 Å². The first kappa shape index (κ1) is 12.5. The predicted octanol–water partition coefficient (Wildman–Crippen LogP) is 2.09. The van der Waals surface area contributed by atoms with E-state index in [1.165, 1.54) is 4.88 Å². The summed E-state index contributed by atoms with van der Waals surface area (Å²) in [5, 5.41) is 6.90. The van der Waals surface area contributed by atoms with Crippen molar-refractivity contribution in [1.29, 1.82) is 0 Å². The molecule has 1 aliphatic heterocycles. The molecule has 1 aromatic rings. The Bertz CT molecular complexity index is 421. The number of aryl methyl sites for hydroxylation is 2. The van der Waals surface area contributed by atoms with Crippen molar-refractivity contribution in [2.45, 2.75) is 45.6 Å². The summed E-state index contributed by atoms with van der Waals surface area (Å²) in [5.74, 6) is 0.0337. The molecule has 1 aliphatic rings. The summed E-state index contributed by atoms with van der Waals surface area (Å²) < 4.78 is 0. The van der Waals surface area contributed by atoms with E-state index in [0.29, 0.717) is 0 Å². The lowest BCUT2D eigenvalue weighted by molar-refractivity contribution is -0.121. The highest BCUT2D eigenvalue weighted by atomic mass is 32.1. The molecule has 2 N–H and O–H groups in total. The van der Waals surface area contributed by atoms with E-state index in [-0.39, 0.29) is 5.91 Å². The number of aromatic nitrogens is 1. The molecule has 17 heavy (non-hydrogen) atoms. The third kappa shape index (κ3) is 2.50. The van der Waals surface area contributed by atoms with Crippen LogP contribution in [0.5, 0.6) is 0 Å². The Hall–Kier alpha value is -0.940. The second-order valence-electron chi connectivity index (χ2n) is 4.69. The number of rotatable bonds is 3. The van der Waals surface area contributed by atoms with Gasteiger partial charge in [0.1, 0.15) is 0 Å². The predicted molar refractivity (Wildman–Crippen MR) is 70.5 cm³/mol. The van der Waals surface area contributed by atoms with Crippen LogP contribution in [0.1, 0.15) is 37.3 Å². The summed E-state index contributed by atoms with van der Waals surface area (Å²) in [6.07, 6.45) is 2.86. The van der Waals surface area contributed by atoms with Gasteiger partial charge < -0.3 is 10.6 Å². The quantitative estimate of drug-likeness (QED) is 0.867. The van der Waals surface area contributed by atoms with Gasteiger partial charge in [-0.15, -0.1) is 11.3 Å². The van der Waals surface area contributed by atoms with Gasteiger partial charge >= 0.3 is 0 Å². The summed E-state index contributed by atoms with van der Waals surface area (Å²) in [6, 6.07) is 0. The lowest BCUT2D eigenvalue weighted by Gasteiger charge is -2.22. The molecule has 0 spiro atoms. The van der Waals surface area contributed by atoms with Gasteiger partial charge in [-0.3, -0.25) is 4.79 Å². The van der Waals surface area contributed by atoms with Crippen molar-refractivity contribution in [2.24, 2.45) is 0 Å². The summed E-state index contributed by atoms with van der Waals surface area (Å²) in [4.78, 5) is 17.8. The minimum Gasteiger partial charge on any atom is -0.304 e. The van der Waals surface area contributed by atoms with Crippen molar-refractivity contribution in [3.63, 3.8) is 0 Å². The first-order valence-corrected chi connectivity index (χ1v) is 6.89. The summed E-state index contributed by atoms with van der Waals surface area (Å²) in [5.41, 5.74) is 0.654. The molecule has 0 aromatic carbocycles. The number of carbonyl (C=O) groups excluding carboxylic acids is 1. The molecular formula is C12H19N3OS. The minimum absolute atomic E-state index is 0.0337. The molecule has 0 bridgehead atoms. The van der Waals surface area contributed by atoms with Crippen LogP contribution in [0.3, 0.4) is 0 Å². The topological polar surface area (TPSA) is 54.0 Å². The van der Waals surface area contributed by atoms with E-state index in [9.17, 15) is 4.79 Å². The number of anilines is 1. The fraction of sp³-hybridized carbons (Fsp3) is 0.667. The standard InChI is InChI=1S/C12H19N3OS/c1-4-9-8(2)17-11(14-9)15-10(16)12(3)6-5-7-13-12/h13H,4-7H2,1-3H3,(H,14,15,16). The van der Waals surface area contributed by atoms with Gasteiger partial charge in [-0.2, -0.15) is 0 Å². The molecule has 1 aromatic heterocycles. The van der Waals surface area contributed by atoms with Gasteiger partial charge in [0.15, 0.2) is 5.13 Å². The Morgan fingerprint density at radius 1 is 1.65 bits per heavy atom. The highest BCUT2D eigenvalue weighted by molar-refractivity contribution is 7.15. The molecule has 1 unspecified atom stereocenters. The van der Waals surface area contributed by atoms with E-state index in [1.807, 2.05) is 13.8 Å². The molecule has 0 saturated carbocycles. The van der Waals surface area contributed by atoms with Gasteiger partial charge in [0.2, 0.25) is 5.91 Å². The van der Waals surface area contributed by atoms with E-state index < -0.39 is 5.54 Å². The van der Waals surface area contributed by atoms with Crippen molar-refractivity contribution in [3.05, 3.63) is 10.6 Å². The lowest BCUT2D eigenvalue weighted by Crippen LogP contribution is -2.47. The normalized spacial score (nSPS) is 23.9. The van der Waals surface area contributed by atoms with Gasteiger partial charge in [0, 0.05) is 4.88 Å². The van der Waals surface area contributed by atoms with Crippen LogP contribution in [0.15, 0.2) is 0 Å². The van der Waals surface area contributed by atoms with E-state index in [1.54, 1.807) is 11.3 Å². The van der Waals surface area contributed by atoms with E-state index in [2.05, 4.69) is 22.5 Å². The molecular weight excluding hydrogens is 234 g/mol. The van der Waals surface area contributed by atoms with Gasteiger partial charge in [-0.05, 0) is 39.7 Å². The van der Waals surface area contributed by atoms with Crippen LogP contribution >= 0.6 is 11.3 Å². The maximum Gasteiger partial charge on any atom is 0.246 e.